The van der Waals surface area contributed by atoms with Gasteiger partial charge in [-0.1, -0.05) is 78.9 Å². The van der Waals surface area contributed by atoms with Gasteiger partial charge in [0.25, 0.3) is 5.91 Å². The van der Waals surface area contributed by atoms with Gasteiger partial charge in [0.1, 0.15) is 29.9 Å². The number of benzene rings is 3. The van der Waals surface area contributed by atoms with E-state index < -0.39 is 53.8 Å². The third kappa shape index (κ3) is 10.0. The van der Waals surface area contributed by atoms with Crippen molar-refractivity contribution < 1.29 is 33.8 Å². The number of amides is 4. The van der Waals surface area contributed by atoms with Gasteiger partial charge in [-0.15, -0.1) is 11.3 Å². The summed E-state index contributed by atoms with van der Waals surface area (Å²) < 4.78 is 5.68. The first-order valence-electron chi connectivity index (χ1n) is 16.4. The van der Waals surface area contributed by atoms with Gasteiger partial charge in [0.2, 0.25) is 17.7 Å². The molecule has 12 heteroatoms. The zero-order valence-corrected chi connectivity index (χ0v) is 28.4. The fourth-order valence-corrected chi connectivity index (χ4v) is 6.53. The number of likely N-dealkylation sites (N-methyl/N-ethyl adjacent to an activating group) is 1. The summed E-state index contributed by atoms with van der Waals surface area (Å²) in [5.74, 6) is -3.15. The lowest BCUT2D eigenvalue weighted by Crippen LogP contribution is -2.59. The average molecular weight is 697 g/mol. The van der Waals surface area contributed by atoms with Crippen LogP contribution in [0.3, 0.4) is 0 Å². The molecule has 0 radical (unpaired) electrons. The maximum Gasteiger partial charge on any atom is 0.326 e. The summed E-state index contributed by atoms with van der Waals surface area (Å²) >= 11 is 1.44. The Kier molecular flexibility index (Phi) is 12.4. The van der Waals surface area contributed by atoms with Crippen molar-refractivity contribution in [3.63, 3.8) is 0 Å². The van der Waals surface area contributed by atoms with Crippen molar-refractivity contribution in [3.8, 4) is 5.75 Å². The van der Waals surface area contributed by atoms with Gasteiger partial charge in [-0.2, -0.15) is 0 Å². The summed E-state index contributed by atoms with van der Waals surface area (Å²) in [4.78, 5) is 69.9. The molecule has 2 bridgehead atoms. The largest absolute Gasteiger partial charge is 0.484 e. The number of hydrogen-bond acceptors (Lipinski definition) is 7. The highest BCUT2D eigenvalue weighted by molar-refractivity contribution is 7.09. The molecule has 6 rings (SSSR count). The second-order valence-corrected chi connectivity index (χ2v) is 13.2. The molecule has 3 heterocycles. The molecule has 4 N–H and O–H groups in total. The number of thiophene rings is 1. The molecular formula is C38H40N4O7S. The Labute approximate surface area is 294 Å². The zero-order chi connectivity index (χ0) is 35.5. The molecule has 260 valence electrons. The summed E-state index contributed by atoms with van der Waals surface area (Å²) in [7, 11) is 1.50. The molecule has 50 heavy (non-hydrogen) atoms. The molecular weight excluding hydrogens is 657 g/mol. The minimum absolute atomic E-state index is 0.0283. The molecule has 2 aliphatic heterocycles. The Morgan fingerprint density at radius 2 is 1.48 bits per heavy atom. The van der Waals surface area contributed by atoms with Crippen LogP contribution in [-0.4, -0.2) is 77.4 Å². The van der Waals surface area contributed by atoms with Crippen LogP contribution in [0.25, 0.3) is 0 Å². The van der Waals surface area contributed by atoms with Gasteiger partial charge in [-0.3, -0.25) is 19.2 Å². The quantitative estimate of drug-likeness (QED) is 0.207. The van der Waals surface area contributed by atoms with E-state index in [9.17, 15) is 29.1 Å². The molecule has 4 aromatic rings. The number of aryl methyl sites for hydroxylation is 1. The van der Waals surface area contributed by atoms with Crippen molar-refractivity contribution in [1.29, 1.82) is 0 Å². The van der Waals surface area contributed by atoms with Crippen LogP contribution < -0.4 is 20.7 Å². The van der Waals surface area contributed by atoms with Crippen LogP contribution in [0.2, 0.25) is 0 Å². The minimum Gasteiger partial charge on any atom is -0.484 e. The third-order valence-electron chi connectivity index (χ3n) is 8.55. The maximum absolute atomic E-state index is 14.3. The molecule has 0 spiro atoms. The van der Waals surface area contributed by atoms with Crippen LogP contribution in [0.1, 0.15) is 28.0 Å². The highest BCUT2D eigenvalue weighted by Crippen LogP contribution is 2.18. The summed E-state index contributed by atoms with van der Waals surface area (Å²) in [6, 6.07) is 24.4. The van der Waals surface area contributed by atoms with Gasteiger partial charge in [0.15, 0.2) is 6.61 Å². The Balaban J connectivity index is 1.51. The van der Waals surface area contributed by atoms with Gasteiger partial charge in [0.05, 0.1) is 0 Å². The smallest absolute Gasteiger partial charge is 0.326 e. The van der Waals surface area contributed by atoms with E-state index in [-0.39, 0.29) is 32.3 Å². The highest BCUT2D eigenvalue weighted by Gasteiger charge is 2.35. The van der Waals surface area contributed by atoms with Gasteiger partial charge < -0.3 is 30.7 Å². The van der Waals surface area contributed by atoms with Crippen molar-refractivity contribution in [2.24, 2.45) is 0 Å². The van der Waals surface area contributed by atoms with E-state index in [2.05, 4.69) is 16.0 Å². The van der Waals surface area contributed by atoms with Crippen molar-refractivity contribution in [2.75, 3.05) is 13.7 Å². The van der Waals surface area contributed by atoms with Crippen molar-refractivity contribution >= 4 is 40.9 Å². The number of ether oxygens (including phenoxy) is 1. The molecule has 3 aromatic carbocycles. The topological polar surface area (TPSA) is 154 Å². The Hall–Kier alpha value is -5.49. The summed E-state index contributed by atoms with van der Waals surface area (Å²) in [5.41, 5.74) is 2.32. The SMILES string of the molecule is CN1C(=O)[C@H](Cc2cccs2)NC(=O)COc2ccc(cc2)C[C@@H](C(=O)O)NC(=O)[C@H](CCc2ccccc2)NC(=O)[C@H]1Cc1ccccc1. The van der Waals surface area contributed by atoms with Crippen LogP contribution in [0.4, 0.5) is 0 Å². The molecule has 4 amide bonds. The minimum atomic E-state index is -1.29. The number of aliphatic carboxylic acids is 1. The van der Waals surface area contributed by atoms with E-state index in [0.717, 1.165) is 16.0 Å². The number of carbonyl (C=O) groups is 5. The van der Waals surface area contributed by atoms with E-state index in [1.807, 2.05) is 78.2 Å². The fraction of sp³-hybridized carbons (Fsp3) is 0.289. The molecule has 0 aliphatic carbocycles. The van der Waals surface area contributed by atoms with E-state index in [1.165, 1.54) is 23.3 Å². The second kappa shape index (κ2) is 17.3. The summed E-state index contributed by atoms with van der Waals surface area (Å²) in [6.45, 7) is -0.373. The van der Waals surface area contributed by atoms with E-state index in [1.54, 1.807) is 24.3 Å². The van der Waals surface area contributed by atoms with Crippen LogP contribution in [0, 0.1) is 0 Å². The maximum atomic E-state index is 14.3. The normalized spacial score (nSPS) is 20.8. The van der Waals surface area contributed by atoms with E-state index in [0.29, 0.717) is 17.7 Å². The Bertz CT molecular complexity index is 1750. The second-order valence-electron chi connectivity index (χ2n) is 12.2. The predicted octanol–water partition coefficient (Wildman–Crippen LogP) is 3.17. The fourth-order valence-electron chi connectivity index (χ4n) is 5.78. The van der Waals surface area contributed by atoms with E-state index in [4.69, 9.17) is 4.74 Å². The third-order valence-corrected chi connectivity index (χ3v) is 9.45. The lowest BCUT2D eigenvalue weighted by atomic mass is 10.00. The molecule has 0 fully saturated rings. The first kappa shape index (κ1) is 35.8. The molecule has 2 aliphatic rings. The average Bonchev–Trinajstić information content (AvgIpc) is 3.64. The monoisotopic (exact) mass is 696 g/mol. The van der Waals surface area contributed by atoms with Crippen LogP contribution in [-0.2, 0) is 49.7 Å². The number of nitrogens with zero attached hydrogens (tertiary/aromatic N) is 1. The van der Waals surface area contributed by atoms with Crippen molar-refractivity contribution in [2.45, 2.75) is 56.3 Å². The van der Waals surface area contributed by atoms with Gasteiger partial charge in [-0.05, 0) is 53.1 Å². The van der Waals surface area contributed by atoms with Crippen molar-refractivity contribution in [3.05, 3.63) is 124 Å². The standard InChI is InChI=1S/C38H40N4O7S/c1-42-33(22-26-11-6-3-7-12-26)36(45)40-30(19-16-25-9-4-2-5-10-25)35(44)41-32(38(47)48)21-27-14-17-28(18-15-27)49-24-34(43)39-31(37(42)46)23-29-13-8-20-50-29/h2-15,17-18,20,30-33H,16,19,21-24H2,1H3,(H,39,43)(H,40,45)(H,41,44)(H,47,48)/t30-,31-,32-,33+/m0/s1. The summed E-state index contributed by atoms with van der Waals surface area (Å²) in [5, 5.41) is 20.2. The number of carbonyl (C=O) groups excluding carboxylic acids is 4. The molecule has 11 nitrogen and oxygen atoms in total. The van der Waals surface area contributed by atoms with Gasteiger partial charge >= 0.3 is 5.97 Å². The van der Waals surface area contributed by atoms with Crippen LogP contribution in [0.15, 0.2) is 102 Å². The molecule has 4 atom stereocenters. The first-order valence-corrected chi connectivity index (χ1v) is 17.3. The number of rotatable bonds is 8. The molecule has 0 unspecified atom stereocenters. The summed E-state index contributed by atoms with van der Waals surface area (Å²) in [6.07, 6.45) is 0.883. The number of carboxylic acids is 1. The first-order chi connectivity index (χ1) is 24.2. The number of hydrogen-bond donors (Lipinski definition) is 4. The van der Waals surface area contributed by atoms with Crippen LogP contribution in [0.5, 0.6) is 5.75 Å². The molecule has 0 saturated carbocycles. The number of nitrogens with one attached hydrogen (secondary N) is 3. The molecule has 0 saturated heterocycles. The van der Waals surface area contributed by atoms with Crippen molar-refractivity contribution in [1.82, 2.24) is 20.9 Å². The molecule has 1 aromatic heterocycles. The Morgan fingerprint density at radius 3 is 2.12 bits per heavy atom. The zero-order valence-electron chi connectivity index (χ0n) is 27.6. The highest BCUT2D eigenvalue weighted by atomic mass is 32.1. The van der Waals surface area contributed by atoms with E-state index >= 15 is 0 Å². The van der Waals surface area contributed by atoms with Gasteiger partial charge in [0, 0.05) is 31.2 Å². The predicted molar refractivity (Wildman–Crippen MR) is 189 cm³/mol. The number of fused-ring (bicyclic) bond motifs is 16. The lowest BCUT2D eigenvalue weighted by molar-refractivity contribution is -0.143. The lowest BCUT2D eigenvalue weighted by Gasteiger charge is -2.32. The van der Waals surface area contributed by atoms with Gasteiger partial charge in [-0.25, -0.2) is 4.79 Å². The Morgan fingerprint density at radius 1 is 0.800 bits per heavy atom. The number of carboxylic acid groups (broad SMARTS) is 1. The van der Waals surface area contributed by atoms with Crippen LogP contribution >= 0.6 is 11.3 Å².